The molecule has 88 valence electrons. The van der Waals surface area contributed by atoms with Crippen molar-refractivity contribution in [3.05, 3.63) is 44.6 Å². The molecule has 0 aliphatic heterocycles. The van der Waals surface area contributed by atoms with Crippen molar-refractivity contribution in [1.29, 1.82) is 0 Å². The average molecular weight is 362 g/mol. The van der Waals surface area contributed by atoms with E-state index in [9.17, 15) is 4.79 Å². The molecule has 0 saturated heterocycles. The van der Waals surface area contributed by atoms with Crippen LogP contribution in [0.2, 0.25) is 5.02 Å². The van der Waals surface area contributed by atoms with Crippen LogP contribution in [-0.2, 0) is 0 Å². The van der Waals surface area contributed by atoms with Crippen LogP contribution in [0.4, 0.5) is 4.79 Å². The quantitative estimate of drug-likeness (QED) is 0.772. The Morgan fingerprint density at radius 1 is 1.41 bits per heavy atom. The fourth-order valence-electron chi connectivity index (χ4n) is 1.67. The van der Waals surface area contributed by atoms with Gasteiger partial charge in [-0.1, -0.05) is 17.7 Å². The van der Waals surface area contributed by atoms with Gasteiger partial charge in [0.25, 0.3) is 0 Å². The number of carboxylic acid groups (broad SMARTS) is 1. The summed E-state index contributed by atoms with van der Waals surface area (Å²) in [5.74, 6) is 0. The summed E-state index contributed by atoms with van der Waals surface area (Å²) in [6, 6.07) is 7.28. The molecule has 17 heavy (non-hydrogen) atoms. The number of hydrogen-bond acceptors (Lipinski definition) is 1. The Hall–Kier alpha value is -1.01. The van der Waals surface area contributed by atoms with Gasteiger partial charge in [0.15, 0.2) is 0 Å². The van der Waals surface area contributed by atoms with Crippen LogP contribution >= 0.6 is 34.2 Å². The Balaban J connectivity index is 2.67. The highest BCUT2D eigenvalue weighted by Gasteiger charge is 2.13. The van der Waals surface area contributed by atoms with Crippen LogP contribution in [0.5, 0.6) is 0 Å². The summed E-state index contributed by atoms with van der Waals surface area (Å²) in [4.78, 5) is 11.1. The highest BCUT2D eigenvalue weighted by atomic mass is 127. The van der Waals surface area contributed by atoms with E-state index in [1.165, 1.54) is 4.57 Å². The van der Waals surface area contributed by atoms with E-state index in [-0.39, 0.29) is 0 Å². The maximum absolute atomic E-state index is 11.1. The van der Waals surface area contributed by atoms with Crippen molar-refractivity contribution in [1.82, 2.24) is 4.57 Å². The molecule has 1 aromatic heterocycles. The number of nitrogens with zero attached hydrogens (tertiary/aromatic N) is 1. The maximum atomic E-state index is 11.1. The number of benzene rings is 1. The summed E-state index contributed by atoms with van der Waals surface area (Å²) >= 11 is 8.04. The zero-order chi connectivity index (χ0) is 12.6. The molecule has 0 fully saturated rings. The second-order valence-corrected chi connectivity index (χ2v) is 5.34. The number of hydrogen-bond donors (Lipinski definition) is 1. The first-order chi connectivity index (χ1) is 7.99. The topological polar surface area (TPSA) is 42.2 Å². The van der Waals surface area contributed by atoms with Crippen LogP contribution in [-0.4, -0.2) is 15.8 Å². The number of rotatable bonds is 1. The van der Waals surface area contributed by atoms with Crippen molar-refractivity contribution in [3.63, 3.8) is 0 Å². The second-order valence-electron chi connectivity index (χ2n) is 3.66. The van der Waals surface area contributed by atoms with Gasteiger partial charge < -0.3 is 5.11 Å². The summed E-state index contributed by atoms with van der Waals surface area (Å²) in [5, 5.41) is 9.72. The van der Waals surface area contributed by atoms with Crippen LogP contribution in [0.25, 0.3) is 11.3 Å². The fourth-order valence-corrected chi connectivity index (χ4v) is 2.41. The fraction of sp³-hybridized carbons (Fsp3) is 0.0833. The van der Waals surface area contributed by atoms with E-state index >= 15 is 0 Å². The number of carbonyl (C=O) groups is 1. The normalized spacial score (nSPS) is 10.5. The van der Waals surface area contributed by atoms with E-state index in [4.69, 9.17) is 16.7 Å². The van der Waals surface area contributed by atoms with E-state index in [0.717, 1.165) is 14.7 Å². The summed E-state index contributed by atoms with van der Waals surface area (Å²) in [7, 11) is 0. The zero-order valence-corrected chi connectivity index (χ0v) is 11.9. The molecule has 0 bridgehead atoms. The molecular weight excluding hydrogens is 352 g/mol. The predicted octanol–water partition coefficient (Wildman–Crippen LogP) is 4.25. The van der Waals surface area contributed by atoms with Gasteiger partial charge in [-0.15, -0.1) is 0 Å². The lowest BCUT2D eigenvalue weighted by atomic mass is 10.1. The molecule has 0 aliphatic rings. The third kappa shape index (κ3) is 2.47. The molecule has 0 amide bonds. The monoisotopic (exact) mass is 361 g/mol. The minimum atomic E-state index is -0.998. The number of aromatic nitrogens is 1. The second kappa shape index (κ2) is 4.70. The summed E-state index contributed by atoms with van der Waals surface area (Å²) in [6.07, 6.45) is 0.584. The van der Waals surface area contributed by atoms with E-state index in [2.05, 4.69) is 22.6 Å². The Morgan fingerprint density at radius 3 is 2.76 bits per heavy atom. The first kappa shape index (κ1) is 12.4. The standard InChI is InChI=1S/C12H9ClINO2/c1-7-2-3-8(13)4-10(7)11-5-9(14)6-15(11)12(16)17/h2-6H,1H3,(H,16,17). The Bertz CT molecular complexity index is 592. The zero-order valence-electron chi connectivity index (χ0n) is 8.95. The first-order valence-corrected chi connectivity index (χ1v) is 6.32. The number of halogens is 2. The van der Waals surface area contributed by atoms with Crippen molar-refractivity contribution >= 4 is 40.3 Å². The molecule has 2 rings (SSSR count). The smallest absolute Gasteiger partial charge is 0.416 e. The average Bonchev–Trinajstić information content (AvgIpc) is 2.64. The van der Waals surface area contributed by atoms with E-state index in [0.29, 0.717) is 10.7 Å². The third-order valence-electron chi connectivity index (χ3n) is 2.47. The molecule has 0 radical (unpaired) electrons. The molecule has 2 aromatic rings. The molecule has 1 aromatic carbocycles. The summed E-state index contributed by atoms with van der Waals surface area (Å²) < 4.78 is 2.08. The largest absolute Gasteiger partial charge is 0.464 e. The van der Waals surface area contributed by atoms with Crippen molar-refractivity contribution < 1.29 is 9.90 Å². The van der Waals surface area contributed by atoms with E-state index in [1.807, 2.05) is 19.1 Å². The molecular formula is C12H9ClINO2. The minimum Gasteiger partial charge on any atom is -0.464 e. The molecule has 1 N–H and O–H groups in total. The molecule has 5 heteroatoms. The van der Waals surface area contributed by atoms with Crippen molar-refractivity contribution in [2.45, 2.75) is 6.92 Å². The van der Waals surface area contributed by atoms with Crippen LogP contribution in [0.15, 0.2) is 30.5 Å². The minimum absolute atomic E-state index is 0.596. The van der Waals surface area contributed by atoms with Crippen molar-refractivity contribution in [2.24, 2.45) is 0 Å². The van der Waals surface area contributed by atoms with Gasteiger partial charge in [-0.3, -0.25) is 4.57 Å². The van der Waals surface area contributed by atoms with Gasteiger partial charge in [0.1, 0.15) is 0 Å². The van der Waals surface area contributed by atoms with Crippen LogP contribution < -0.4 is 0 Å². The lowest BCUT2D eigenvalue weighted by molar-refractivity contribution is 0.197. The van der Waals surface area contributed by atoms with Gasteiger partial charge in [-0.25, -0.2) is 4.79 Å². The lowest BCUT2D eigenvalue weighted by Crippen LogP contribution is -2.08. The highest BCUT2D eigenvalue weighted by Crippen LogP contribution is 2.28. The molecule has 0 spiro atoms. The van der Waals surface area contributed by atoms with Gasteiger partial charge in [0.2, 0.25) is 0 Å². The first-order valence-electron chi connectivity index (χ1n) is 4.87. The molecule has 0 unspecified atom stereocenters. The molecule has 1 heterocycles. The lowest BCUT2D eigenvalue weighted by Gasteiger charge is -2.07. The van der Waals surface area contributed by atoms with Crippen LogP contribution in [0.1, 0.15) is 5.56 Å². The van der Waals surface area contributed by atoms with Crippen molar-refractivity contribution in [2.75, 3.05) is 0 Å². The van der Waals surface area contributed by atoms with Gasteiger partial charge >= 0.3 is 6.09 Å². The molecule has 0 aliphatic carbocycles. The molecule has 0 atom stereocenters. The van der Waals surface area contributed by atoms with E-state index < -0.39 is 6.09 Å². The SMILES string of the molecule is Cc1ccc(Cl)cc1-c1cc(I)cn1C(=O)O. The van der Waals surface area contributed by atoms with Gasteiger partial charge in [0.05, 0.1) is 5.69 Å². The molecule has 0 saturated carbocycles. The van der Waals surface area contributed by atoms with E-state index in [1.54, 1.807) is 18.3 Å². The van der Waals surface area contributed by atoms with Gasteiger partial charge in [-0.2, -0.15) is 0 Å². The Kier molecular flexibility index (Phi) is 3.44. The predicted molar refractivity (Wildman–Crippen MR) is 75.8 cm³/mol. The maximum Gasteiger partial charge on any atom is 0.416 e. The Morgan fingerprint density at radius 2 is 2.12 bits per heavy atom. The van der Waals surface area contributed by atoms with Gasteiger partial charge in [-0.05, 0) is 53.3 Å². The number of aryl methyl sites for hydroxylation is 1. The summed E-state index contributed by atoms with van der Waals surface area (Å²) in [6.45, 7) is 1.93. The van der Waals surface area contributed by atoms with Gasteiger partial charge in [0, 0.05) is 20.4 Å². The molecule has 3 nitrogen and oxygen atoms in total. The van der Waals surface area contributed by atoms with Crippen molar-refractivity contribution in [3.8, 4) is 11.3 Å². The van der Waals surface area contributed by atoms with Crippen LogP contribution in [0.3, 0.4) is 0 Å². The highest BCUT2D eigenvalue weighted by molar-refractivity contribution is 14.1. The Labute approximate surface area is 117 Å². The third-order valence-corrected chi connectivity index (χ3v) is 3.29. The van der Waals surface area contributed by atoms with Crippen LogP contribution in [0, 0.1) is 10.5 Å². The summed E-state index contributed by atoms with van der Waals surface area (Å²) in [5.41, 5.74) is 2.47.